The van der Waals surface area contributed by atoms with E-state index in [2.05, 4.69) is 10.1 Å². The lowest BCUT2D eigenvalue weighted by Gasteiger charge is -2.26. The van der Waals surface area contributed by atoms with E-state index in [-0.39, 0.29) is 24.3 Å². The maximum absolute atomic E-state index is 13.8. The molecule has 2 aromatic heterocycles. The molecule has 0 N–H and O–H groups in total. The van der Waals surface area contributed by atoms with E-state index in [4.69, 9.17) is 14.2 Å². The molecular formula is C22H24FN5O3. The summed E-state index contributed by atoms with van der Waals surface area (Å²) in [6.45, 7) is 2.16. The van der Waals surface area contributed by atoms with Gasteiger partial charge in [0.2, 0.25) is 5.95 Å². The van der Waals surface area contributed by atoms with Crippen LogP contribution in [0.4, 0.5) is 10.3 Å². The van der Waals surface area contributed by atoms with Crippen molar-refractivity contribution in [2.75, 3.05) is 32.1 Å². The summed E-state index contributed by atoms with van der Waals surface area (Å²) in [6.07, 6.45) is 3.27. The third-order valence-corrected chi connectivity index (χ3v) is 5.18. The average Bonchev–Trinajstić information content (AvgIpc) is 3.41. The summed E-state index contributed by atoms with van der Waals surface area (Å²) in [4.78, 5) is 25.7. The zero-order chi connectivity index (χ0) is 22.0. The lowest BCUT2D eigenvalue weighted by atomic mass is 10.0. The minimum atomic E-state index is -0.498. The van der Waals surface area contributed by atoms with Gasteiger partial charge in [0.05, 0.1) is 23.0 Å². The first-order valence-electron chi connectivity index (χ1n) is 10.1. The number of carbonyl (C=O) groups is 1. The van der Waals surface area contributed by atoms with Crippen molar-refractivity contribution in [2.45, 2.75) is 25.8 Å². The van der Waals surface area contributed by atoms with Crippen molar-refractivity contribution in [1.29, 1.82) is 0 Å². The molecule has 0 saturated carbocycles. The summed E-state index contributed by atoms with van der Waals surface area (Å²) < 4.78 is 24.7. The summed E-state index contributed by atoms with van der Waals surface area (Å²) in [6, 6.07) is 7.59. The van der Waals surface area contributed by atoms with E-state index in [1.165, 1.54) is 12.1 Å². The highest BCUT2D eigenvalue weighted by molar-refractivity contribution is 5.79. The highest BCUT2D eigenvalue weighted by Gasteiger charge is 2.34. The van der Waals surface area contributed by atoms with Gasteiger partial charge in [-0.05, 0) is 31.9 Å². The Morgan fingerprint density at radius 2 is 2.16 bits per heavy atom. The molecule has 1 saturated heterocycles. The van der Waals surface area contributed by atoms with Gasteiger partial charge in [-0.3, -0.25) is 4.79 Å². The minimum Gasteiger partial charge on any atom is -0.481 e. The summed E-state index contributed by atoms with van der Waals surface area (Å²) in [5, 5.41) is 3.97. The van der Waals surface area contributed by atoms with E-state index in [0.29, 0.717) is 29.5 Å². The Morgan fingerprint density at radius 1 is 1.35 bits per heavy atom. The number of hydrogen-bond acceptors (Lipinski definition) is 7. The molecule has 3 aromatic rings. The van der Waals surface area contributed by atoms with Gasteiger partial charge in [-0.25, -0.2) is 14.4 Å². The molecular weight excluding hydrogens is 401 g/mol. The lowest BCUT2D eigenvalue weighted by Crippen LogP contribution is -2.35. The Hall–Kier alpha value is -3.49. The molecule has 1 fully saturated rings. The summed E-state index contributed by atoms with van der Waals surface area (Å²) in [7, 11) is 3.72. The smallest absolute Gasteiger partial charge is 0.261 e. The van der Waals surface area contributed by atoms with Gasteiger partial charge in [-0.1, -0.05) is 17.3 Å². The van der Waals surface area contributed by atoms with Crippen LogP contribution in [-0.2, 0) is 4.79 Å². The van der Waals surface area contributed by atoms with Gasteiger partial charge in [0, 0.05) is 32.9 Å². The molecule has 1 unspecified atom stereocenters. The van der Waals surface area contributed by atoms with Crippen LogP contribution in [0.25, 0.3) is 11.3 Å². The molecule has 1 aliphatic rings. The number of nitrogens with zero attached hydrogens (tertiary/aromatic N) is 5. The molecule has 3 heterocycles. The number of para-hydroxylation sites is 1. The lowest BCUT2D eigenvalue weighted by molar-refractivity contribution is -0.134. The standard InChI is InChI=1S/C22H24FN5O3/c1-14-11-19(31-26-14)15-12-24-22(27(2)3)25-21(15)17-8-6-10-28(17)20(29)13-30-18-9-5-4-7-16(18)23/h4-5,7,9,11-12,17H,6,8,10,13H2,1-3H3. The van der Waals surface area contributed by atoms with E-state index in [1.807, 2.05) is 27.1 Å². The van der Waals surface area contributed by atoms with Crippen molar-refractivity contribution in [1.82, 2.24) is 20.0 Å². The number of hydrogen-bond donors (Lipinski definition) is 0. The van der Waals surface area contributed by atoms with Crippen LogP contribution in [-0.4, -0.2) is 53.2 Å². The number of aryl methyl sites for hydroxylation is 1. The zero-order valence-electron chi connectivity index (χ0n) is 17.7. The number of benzene rings is 1. The molecule has 9 heteroatoms. The zero-order valence-corrected chi connectivity index (χ0v) is 17.7. The molecule has 4 rings (SSSR count). The Kier molecular flexibility index (Phi) is 5.83. The van der Waals surface area contributed by atoms with Crippen molar-refractivity contribution in [2.24, 2.45) is 0 Å². The molecule has 0 bridgehead atoms. The van der Waals surface area contributed by atoms with E-state index in [1.54, 1.807) is 28.1 Å². The van der Waals surface area contributed by atoms with E-state index >= 15 is 0 Å². The Bertz CT molecular complexity index is 1080. The highest BCUT2D eigenvalue weighted by atomic mass is 19.1. The molecule has 0 radical (unpaired) electrons. The molecule has 1 aromatic carbocycles. The van der Waals surface area contributed by atoms with Gasteiger partial charge in [-0.15, -0.1) is 0 Å². The van der Waals surface area contributed by atoms with Crippen LogP contribution < -0.4 is 9.64 Å². The summed E-state index contributed by atoms with van der Waals surface area (Å²) >= 11 is 0. The number of aromatic nitrogens is 3. The van der Waals surface area contributed by atoms with E-state index in [0.717, 1.165) is 18.5 Å². The SMILES string of the molecule is Cc1cc(-c2cnc(N(C)C)nc2C2CCCN2C(=O)COc2ccccc2F)on1. The van der Waals surface area contributed by atoms with Gasteiger partial charge in [0.25, 0.3) is 5.91 Å². The number of halogens is 1. The van der Waals surface area contributed by atoms with Crippen LogP contribution >= 0.6 is 0 Å². The number of rotatable bonds is 6. The van der Waals surface area contributed by atoms with Crippen LogP contribution in [0.2, 0.25) is 0 Å². The predicted octanol–water partition coefficient (Wildman–Crippen LogP) is 3.39. The third-order valence-electron chi connectivity index (χ3n) is 5.18. The maximum Gasteiger partial charge on any atom is 0.261 e. The second-order valence-corrected chi connectivity index (χ2v) is 7.66. The number of ether oxygens (including phenoxy) is 1. The summed E-state index contributed by atoms with van der Waals surface area (Å²) in [5.74, 6) is 0.427. The van der Waals surface area contributed by atoms with Crippen molar-refractivity contribution >= 4 is 11.9 Å². The van der Waals surface area contributed by atoms with Crippen molar-refractivity contribution in [3.63, 3.8) is 0 Å². The average molecular weight is 425 g/mol. The number of amides is 1. The van der Waals surface area contributed by atoms with E-state index in [9.17, 15) is 9.18 Å². The second kappa shape index (κ2) is 8.71. The summed E-state index contributed by atoms with van der Waals surface area (Å²) in [5.41, 5.74) is 2.15. The number of anilines is 1. The van der Waals surface area contributed by atoms with Crippen LogP contribution in [0.5, 0.6) is 5.75 Å². The van der Waals surface area contributed by atoms with Gasteiger partial charge in [0.15, 0.2) is 23.9 Å². The number of carbonyl (C=O) groups excluding carboxylic acids is 1. The number of likely N-dealkylation sites (tertiary alicyclic amines) is 1. The van der Waals surface area contributed by atoms with Crippen molar-refractivity contribution in [3.05, 3.63) is 53.7 Å². The molecule has 0 spiro atoms. The monoisotopic (exact) mass is 425 g/mol. The Labute approximate surface area is 179 Å². The van der Waals surface area contributed by atoms with Crippen molar-refractivity contribution < 1.29 is 18.4 Å². The van der Waals surface area contributed by atoms with Crippen LogP contribution in [0.15, 0.2) is 41.1 Å². The fraction of sp³-hybridized carbons (Fsp3) is 0.364. The molecule has 1 amide bonds. The molecule has 1 atom stereocenters. The quantitative estimate of drug-likeness (QED) is 0.598. The highest BCUT2D eigenvalue weighted by Crippen LogP contribution is 2.37. The van der Waals surface area contributed by atoms with Crippen LogP contribution in [0.1, 0.15) is 30.3 Å². The Morgan fingerprint density at radius 3 is 2.87 bits per heavy atom. The fourth-order valence-corrected chi connectivity index (χ4v) is 3.67. The molecule has 162 valence electrons. The van der Waals surface area contributed by atoms with Gasteiger partial charge < -0.3 is 19.1 Å². The molecule has 8 nitrogen and oxygen atoms in total. The van der Waals surface area contributed by atoms with Crippen LogP contribution in [0.3, 0.4) is 0 Å². The molecule has 31 heavy (non-hydrogen) atoms. The van der Waals surface area contributed by atoms with Gasteiger partial charge in [0.1, 0.15) is 0 Å². The first kappa shape index (κ1) is 20.8. The molecule has 0 aliphatic carbocycles. The van der Waals surface area contributed by atoms with Crippen molar-refractivity contribution in [3.8, 4) is 17.1 Å². The predicted molar refractivity (Wildman–Crippen MR) is 112 cm³/mol. The van der Waals surface area contributed by atoms with Gasteiger partial charge in [-0.2, -0.15) is 0 Å². The second-order valence-electron chi connectivity index (χ2n) is 7.66. The maximum atomic E-state index is 13.8. The third kappa shape index (κ3) is 4.35. The van der Waals surface area contributed by atoms with Gasteiger partial charge >= 0.3 is 0 Å². The first-order valence-corrected chi connectivity index (χ1v) is 10.1. The normalized spacial score (nSPS) is 15.9. The molecule has 1 aliphatic heterocycles. The fourth-order valence-electron chi connectivity index (χ4n) is 3.67. The largest absolute Gasteiger partial charge is 0.481 e. The topological polar surface area (TPSA) is 84.6 Å². The first-order chi connectivity index (χ1) is 14.9. The van der Waals surface area contributed by atoms with Crippen LogP contribution in [0, 0.1) is 12.7 Å². The Balaban J connectivity index is 1.62. The van der Waals surface area contributed by atoms with E-state index < -0.39 is 5.82 Å². The minimum absolute atomic E-state index is 0.0568.